The van der Waals surface area contributed by atoms with Crippen LogP contribution in [0.3, 0.4) is 0 Å². The minimum atomic E-state index is 0.353. The Balaban J connectivity index is 1.31. The van der Waals surface area contributed by atoms with Crippen LogP contribution < -0.4 is 4.74 Å². The van der Waals surface area contributed by atoms with E-state index in [9.17, 15) is 0 Å². The minimum absolute atomic E-state index is 0.353. The van der Waals surface area contributed by atoms with Crippen molar-refractivity contribution in [2.45, 2.75) is 19.1 Å². The summed E-state index contributed by atoms with van der Waals surface area (Å²) in [6.45, 7) is 5.82. The molecule has 4 heteroatoms. The van der Waals surface area contributed by atoms with E-state index in [4.69, 9.17) is 4.74 Å². The van der Waals surface area contributed by atoms with E-state index in [-0.39, 0.29) is 0 Å². The van der Waals surface area contributed by atoms with Crippen molar-refractivity contribution in [3.63, 3.8) is 0 Å². The Hall–Kier alpha value is -2.66. The van der Waals surface area contributed by atoms with E-state index in [2.05, 4.69) is 100 Å². The lowest BCUT2D eigenvalue weighted by Gasteiger charge is -2.41. The summed E-state index contributed by atoms with van der Waals surface area (Å²) in [6, 6.07) is 30.5. The molecule has 1 atom stereocenters. The summed E-state index contributed by atoms with van der Waals surface area (Å²) in [5.41, 5.74) is 2.74. The summed E-state index contributed by atoms with van der Waals surface area (Å²) >= 11 is 1.77. The first-order valence-electron chi connectivity index (χ1n) is 11.0. The first kappa shape index (κ1) is 20.3. The van der Waals surface area contributed by atoms with Crippen molar-refractivity contribution in [3.8, 4) is 5.75 Å². The molecule has 0 saturated carbocycles. The van der Waals surface area contributed by atoms with Crippen LogP contribution in [0, 0.1) is 0 Å². The number of rotatable bonds is 7. The van der Waals surface area contributed by atoms with Crippen LogP contribution in [0.15, 0.2) is 90.3 Å². The van der Waals surface area contributed by atoms with Crippen LogP contribution in [0.2, 0.25) is 0 Å². The maximum absolute atomic E-state index is 6.42. The molecule has 5 rings (SSSR count). The van der Waals surface area contributed by atoms with Gasteiger partial charge in [0.25, 0.3) is 0 Å². The lowest BCUT2D eigenvalue weighted by molar-refractivity contribution is 0.0379. The van der Waals surface area contributed by atoms with Gasteiger partial charge in [-0.2, -0.15) is 0 Å². The summed E-state index contributed by atoms with van der Waals surface area (Å²) in [5.74, 6) is 0.999. The molecule has 158 valence electrons. The summed E-state index contributed by atoms with van der Waals surface area (Å²) < 4.78 is 7.71. The SMILES string of the molecule is c1ccc(CN2CCN(Cc3ccccc3)C(COc3cccc4sccc34)C2)cc1. The van der Waals surface area contributed by atoms with Gasteiger partial charge in [0.1, 0.15) is 12.4 Å². The van der Waals surface area contributed by atoms with E-state index in [1.807, 2.05) is 0 Å². The van der Waals surface area contributed by atoms with Gasteiger partial charge in [-0.05, 0) is 34.7 Å². The second-order valence-electron chi connectivity index (χ2n) is 8.23. The van der Waals surface area contributed by atoms with Gasteiger partial charge in [-0.15, -0.1) is 11.3 Å². The van der Waals surface area contributed by atoms with Gasteiger partial charge in [0.15, 0.2) is 0 Å². The topological polar surface area (TPSA) is 15.7 Å². The molecule has 3 aromatic carbocycles. The Morgan fingerprint density at radius 2 is 1.52 bits per heavy atom. The largest absolute Gasteiger partial charge is 0.491 e. The van der Waals surface area contributed by atoms with Gasteiger partial charge in [-0.3, -0.25) is 9.80 Å². The third kappa shape index (κ3) is 4.99. The molecule has 1 unspecified atom stereocenters. The highest BCUT2D eigenvalue weighted by Gasteiger charge is 2.28. The Morgan fingerprint density at radius 3 is 2.29 bits per heavy atom. The maximum atomic E-state index is 6.42. The molecule has 0 aliphatic carbocycles. The predicted octanol–water partition coefficient (Wildman–Crippen LogP) is 5.67. The first-order valence-corrected chi connectivity index (χ1v) is 11.9. The molecule has 0 amide bonds. The van der Waals surface area contributed by atoms with Crippen molar-refractivity contribution in [2.24, 2.45) is 0 Å². The molecule has 2 heterocycles. The zero-order chi connectivity index (χ0) is 20.9. The van der Waals surface area contributed by atoms with Gasteiger partial charge in [-0.25, -0.2) is 0 Å². The van der Waals surface area contributed by atoms with Gasteiger partial charge in [-0.1, -0.05) is 66.7 Å². The second-order valence-corrected chi connectivity index (χ2v) is 9.18. The van der Waals surface area contributed by atoms with Gasteiger partial charge in [0.05, 0.1) is 6.04 Å². The molecular formula is C27H28N2OS. The van der Waals surface area contributed by atoms with E-state index in [1.165, 1.54) is 21.2 Å². The summed E-state index contributed by atoms with van der Waals surface area (Å²) in [7, 11) is 0. The smallest absolute Gasteiger partial charge is 0.128 e. The molecule has 0 N–H and O–H groups in total. The van der Waals surface area contributed by atoms with Crippen LogP contribution in [-0.4, -0.2) is 42.1 Å². The number of benzene rings is 3. The highest BCUT2D eigenvalue weighted by molar-refractivity contribution is 7.17. The summed E-state index contributed by atoms with van der Waals surface area (Å²) in [4.78, 5) is 5.15. The number of hydrogen-bond acceptors (Lipinski definition) is 4. The van der Waals surface area contributed by atoms with Crippen molar-refractivity contribution >= 4 is 21.4 Å². The number of hydrogen-bond donors (Lipinski definition) is 0. The number of fused-ring (bicyclic) bond motifs is 1. The van der Waals surface area contributed by atoms with E-state index in [1.54, 1.807) is 11.3 Å². The van der Waals surface area contributed by atoms with Crippen LogP contribution in [-0.2, 0) is 13.1 Å². The molecule has 31 heavy (non-hydrogen) atoms. The average molecular weight is 429 g/mol. The predicted molar refractivity (Wildman–Crippen MR) is 130 cm³/mol. The van der Waals surface area contributed by atoms with Gasteiger partial charge in [0, 0.05) is 42.8 Å². The molecule has 1 fully saturated rings. The quantitative estimate of drug-likeness (QED) is 0.377. The van der Waals surface area contributed by atoms with Gasteiger partial charge < -0.3 is 4.74 Å². The van der Waals surface area contributed by atoms with Crippen LogP contribution in [0.5, 0.6) is 5.75 Å². The van der Waals surface area contributed by atoms with Crippen LogP contribution in [0.25, 0.3) is 10.1 Å². The fourth-order valence-electron chi connectivity index (χ4n) is 4.40. The lowest BCUT2D eigenvalue weighted by atomic mass is 10.1. The monoisotopic (exact) mass is 428 g/mol. The van der Waals surface area contributed by atoms with E-state index < -0.39 is 0 Å². The Morgan fingerprint density at radius 1 is 0.774 bits per heavy atom. The van der Waals surface area contributed by atoms with Crippen molar-refractivity contribution in [1.29, 1.82) is 0 Å². The zero-order valence-electron chi connectivity index (χ0n) is 17.7. The number of piperazine rings is 1. The van der Waals surface area contributed by atoms with Crippen molar-refractivity contribution in [1.82, 2.24) is 9.80 Å². The molecule has 0 bridgehead atoms. The second kappa shape index (κ2) is 9.65. The molecule has 1 aliphatic rings. The minimum Gasteiger partial charge on any atom is -0.491 e. The molecule has 0 radical (unpaired) electrons. The average Bonchev–Trinajstić information content (AvgIpc) is 3.30. The third-order valence-electron chi connectivity index (χ3n) is 6.05. The van der Waals surface area contributed by atoms with Gasteiger partial charge >= 0.3 is 0 Å². The standard InChI is InChI=1S/C27H28N2OS/c1-3-8-22(9-4-1)18-28-15-16-29(19-23-10-5-2-6-11-23)24(20-28)21-30-26-12-7-13-27-25(26)14-17-31-27/h1-14,17,24H,15-16,18-21H2. The van der Waals surface area contributed by atoms with Crippen LogP contribution in [0.4, 0.5) is 0 Å². The van der Waals surface area contributed by atoms with E-state index in [0.717, 1.165) is 38.5 Å². The van der Waals surface area contributed by atoms with Crippen LogP contribution >= 0.6 is 11.3 Å². The fourth-order valence-corrected chi connectivity index (χ4v) is 5.21. The molecule has 1 aromatic heterocycles. The molecule has 0 spiro atoms. The normalized spacial score (nSPS) is 17.7. The van der Waals surface area contributed by atoms with E-state index >= 15 is 0 Å². The van der Waals surface area contributed by atoms with Crippen molar-refractivity contribution in [3.05, 3.63) is 101 Å². The van der Waals surface area contributed by atoms with E-state index in [0.29, 0.717) is 12.6 Å². The number of ether oxygens (including phenoxy) is 1. The third-order valence-corrected chi connectivity index (χ3v) is 6.94. The summed E-state index contributed by atoms with van der Waals surface area (Å²) in [6.07, 6.45) is 0. The van der Waals surface area contributed by atoms with Gasteiger partial charge in [0.2, 0.25) is 0 Å². The summed E-state index contributed by atoms with van der Waals surface area (Å²) in [5, 5.41) is 3.36. The van der Waals surface area contributed by atoms with Crippen molar-refractivity contribution in [2.75, 3.05) is 26.2 Å². The Labute approximate surface area is 188 Å². The molecular weight excluding hydrogens is 400 g/mol. The Kier molecular flexibility index (Phi) is 6.30. The molecule has 3 nitrogen and oxygen atoms in total. The lowest BCUT2D eigenvalue weighted by Crippen LogP contribution is -2.54. The first-order chi connectivity index (χ1) is 15.3. The number of thiophene rings is 1. The Bertz CT molecular complexity index is 1100. The molecule has 1 saturated heterocycles. The highest BCUT2D eigenvalue weighted by Crippen LogP contribution is 2.30. The molecule has 1 aliphatic heterocycles. The fraction of sp³-hybridized carbons (Fsp3) is 0.259. The maximum Gasteiger partial charge on any atom is 0.128 e. The zero-order valence-corrected chi connectivity index (χ0v) is 18.5. The van der Waals surface area contributed by atoms with Crippen molar-refractivity contribution < 1.29 is 4.74 Å². The number of nitrogens with zero attached hydrogens (tertiary/aromatic N) is 2. The van der Waals surface area contributed by atoms with Crippen LogP contribution in [0.1, 0.15) is 11.1 Å². The molecule has 4 aromatic rings. The highest BCUT2D eigenvalue weighted by atomic mass is 32.1.